The number of rotatable bonds is 4. The number of pyridine rings is 1. The fraction of sp³-hybridized carbons (Fsp3) is 0.375. The van der Waals surface area contributed by atoms with E-state index in [1.807, 2.05) is 10.6 Å². The van der Waals surface area contributed by atoms with Gasteiger partial charge >= 0.3 is 12.4 Å². The third-order valence-corrected chi connectivity index (χ3v) is 3.28. The highest BCUT2D eigenvalue weighted by Gasteiger charge is 2.38. The van der Waals surface area contributed by atoms with Gasteiger partial charge in [0.25, 0.3) is 0 Å². The lowest BCUT2D eigenvalue weighted by Crippen LogP contribution is -2.35. The normalized spacial score (nSPS) is 13.9. The molecular formula is C16H14F6N6. The van der Waals surface area contributed by atoms with E-state index in [2.05, 4.69) is 31.8 Å². The minimum absolute atomic E-state index is 0.319. The standard InChI is InChI=1S/C16H14F6N6/c1-9(15(17,18)19)24-13-26-12(7-6-11-5-3-4-8-23-11)27-14(28-13)25-10(2)16(20,21)22/h3-5,8-10H,1-2H3,(H2,24,25,26,27,28)/t9-,10-/m1/s1. The van der Waals surface area contributed by atoms with Crippen LogP contribution in [0.15, 0.2) is 24.4 Å². The maximum Gasteiger partial charge on any atom is 0.408 e. The number of nitrogens with zero attached hydrogens (tertiary/aromatic N) is 4. The van der Waals surface area contributed by atoms with E-state index in [1.54, 1.807) is 18.2 Å². The number of hydrogen-bond acceptors (Lipinski definition) is 6. The molecule has 28 heavy (non-hydrogen) atoms. The molecule has 0 aliphatic carbocycles. The van der Waals surface area contributed by atoms with Gasteiger partial charge < -0.3 is 10.6 Å². The van der Waals surface area contributed by atoms with Crippen LogP contribution in [0.25, 0.3) is 0 Å². The minimum Gasteiger partial charge on any atom is -0.343 e. The van der Waals surface area contributed by atoms with E-state index in [0.29, 0.717) is 5.69 Å². The second-order valence-electron chi connectivity index (χ2n) is 5.59. The zero-order chi connectivity index (χ0) is 20.9. The Hall–Kier alpha value is -3.10. The van der Waals surface area contributed by atoms with Crippen LogP contribution in [0, 0.1) is 11.8 Å². The van der Waals surface area contributed by atoms with Crippen molar-refractivity contribution >= 4 is 11.9 Å². The summed E-state index contributed by atoms with van der Waals surface area (Å²) in [5.74, 6) is 3.56. The zero-order valence-electron chi connectivity index (χ0n) is 14.5. The number of aromatic nitrogens is 4. The van der Waals surface area contributed by atoms with Crippen LogP contribution in [0.5, 0.6) is 0 Å². The number of nitrogens with one attached hydrogen (secondary N) is 2. The lowest BCUT2D eigenvalue weighted by molar-refractivity contribution is -0.139. The van der Waals surface area contributed by atoms with Crippen LogP contribution >= 0.6 is 0 Å². The maximum absolute atomic E-state index is 12.7. The third-order valence-electron chi connectivity index (χ3n) is 3.28. The molecule has 0 saturated carbocycles. The highest BCUT2D eigenvalue weighted by Crippen LogP contribution is 2.24. The lowest BCUT2D eigenvalue weighted by atomic mass is 10.3. The van der Waals surface area contributed by atoms with Gasteiger partial charge in [-0.1, -0.05) is 6.07 Å². The molecule has 0 aliphatic heterocycles. The Morgan fingerprint density at radius 3 is 1.79 bits per heavy atom. The average molecular weight is 404 g/mol. The molecule has 0 aliphatic rings. The first-order valence-corrected chi connectivity index (χ1v) is 7.81. The molecule has 6 nitrogen and oxygen atoms in total. The molecule has 0 aromatic carbocycles. The molecule has 2 heterocycles. The van der Waals surface area contributed by atoms with Gasteiger partial charge in [-0.2, -0.15) is 41.3 Å². The second-order valence-corrected chi connectivity index (χ2v) is 5.59. The Balaban J connectivity index is 2.36. The average Bonchev–Trinajstić information content (AvgIpc) is 2.59. The molecule has 0 amide bonds. The van der Waals surface area contributed by atoms with Crippen LogP contribution in [0.1, 0.15) is 25.4 Å². The molecule has 0 unspecified atom stereocenters. The molecule has 0 bridgehead atoms. The van der Waals surface area contributed by atoms with Gasteiger partial charge in [0.15, 0.2) is 0 Å². The molecule has 0 fully saturated rings. The molecule has 2 atom stereocenters. The smallest absolute Gasteiger partial charge is 0.343 e. The summed E-state index contributed by atoms with van der Waals surface area (Å²) in [4.78, 5) is 14.9. The van der Waals surface area contributed by atoms with Crippen LogP contribution in [-0.4, -0.2) is 44.4 Å². The van der Waals surface area contributed by atoms with Gasteiger partial charge in [-0.05, 0) is 37.8 Å². The summed E-state index contributed by atoms with van der Waals surface area (Å²) < 4.78 is 76.4. The zero-order valence-corrected chi connectivity index (χ0v) is 14.5. The molecule has 2 N–H and O–H groups in total. The van der Waals surface area contributed by atoms with Gasteiger partial charge in [-0.25, -0.2) is 4.98 Å². The van der Waals surface area contributed by atoms with Crippen LogP contribution in [0.3, 0.4) is 0 Å². The van der Waals surface area contributed by atoms with Crippen molar-refractivity contribution in [3.05, 3.63) is 35.9 Å². The SMILES string of the molecule is C[C@@H](Nc1nc(C#Cc2ccccn2)nc(N[C@H](C)C(F)(F)F)n1)C(F)(F)F. The summed E-state index contributed by atoms with van der Waals surface area (Å²) in [6.07, 6.45) is -7.76. The summed E-state index contributed by atoms with van der Waals surface area (Å²) in [5, 5.41) is 3.96. The molecule has 0 radical (unpaired) electrons. The highest BCUT2D eigenvalue weighted by atomic mass is 19.4. The van der Waals surface area contributed by atoms with E-state index in [1.165, 1.54) is 6.20 Å². The number of anilines is 2. The van der Waals surface area contributed by atoms with Crippen LogP contribution < -0.4 is 10.6 Å². The molecule has 0 saturated heterocycles. The van der Waals surface area contributed by atoms with Crippen molar-refractivity contribution in [2.24, 2.45) is 0 Å². The van der Waals surface area contributed by atoms with Crippen molar-refractivity contribution in [2.75, 3.05) is 10.6 Å². The molecule has 12 heteroatoms. The molecule has 2 aromatic rings. The van der Waals surface area contributed by atoms with Gasteiger partial charge in [0.1, 0.15) is 17.8 Å². The Morgan fingerprint density at radius 2 is 1.36 bits per heavy atom. The second kappa shape index (κ2) is 8.28. The van der Waals surface area contributed by atoms with E-state index >= 15 is 0 Å². The lowest BCUT2D eigenvalue weighted by Gasteiger charge is -2.19. The van der Waals surface area contributed by atoms with Crippen molar-refractivity contribution in [1.82, 2.24) is 19.9 Å². The first-order chi connectivity index (χ1) is 12.9. The fourth-order valence-electron chi connectivity index (χ4n) is 1.67. The molecule has 2 rings (SSSR count). The third kappa shape index (κ3) is 6.26. The van der Waals surface area contributed by atoms with E-state index in [-0.39, 0.29) is 5.82 Å². The van der Waals surface area contributed by atoms with E-state index in [9.17, 15) is 26.3 Å². The van der Waals surface area contributed by atoms with Crippen LogP contribution in [0.2, 0.25) is 0 Å². The molecule has 0 spiro atoms. The van der Waals surface area contributed by atoms with Crippen molar-refractivity contribution in [3.63, 3.8) is 0 Å². The summed E-state index contributed by atoms with van der Waals surface area (Å²) in [6.45, 7) is 1.63. The number of hydrogen-bond donors (Lipinski definition) is 2. The fourth-order valence-corrected chi connectivity index (χ4v) is 1.67. The van der Waals surface area contributed by atoms with Crippen molar-refractivity contribution in [3.8, 4) is 11.8 Å². The Kier molecular flexibility index (Phi) is 6.27. The van der Waals surface area contributed by atoms with E-state index in [0.717, 1.165) is 13.8 Å². The quantitative estimate of drug-likeness (QED) is 0.601. The highest BCUT2D eigenvalue weighted by molar-refractivity contribution is 5.41. The summed E-state index contributed by atoms with van der Waals surface area (Å²) >= 11 is 0. The first-order valence-electron chi connectivity index (χ1n) is 7.81. The maximum atomic E-state index is 12.7. The Labute approximate surface area is 155 Å². The van der Waals surface area contributed by atoms with Crippen LogP contribution in [0.4, 0.5) is 38.2 Å². The summed E-state index contributed by atoms with van der Waals surface area (Å²) in [7, 11) is 0. The summed E-state index contributed by atoms with van der Waals surface area (Å²) in [6, 6.07) is 0.776. The minimum atomic E-state index is -4.61. The Bertz CT molecular complexity index is 816. The predicted octanol–water partition coefficient (Wildman–Crippen LogP) is 3.39. The van der Waals surface area contributed by atoms with E-state index in [4.69, 9.17) is 0 Å². The molecule has 2 aromatic heterocycles. The van der Waals surface area contributed by atoms with E-state index < -0.39 is 36.3 Å². The topological polar surface area (TPSA) is 75.6 Å². The number of alkyl halides is 6. The molecule has 150 valence electrons. The predicted molar refractivity (Wildman–Crippen MR) is 88.3 cm³/mol. The monoisotopic (exact) mass is 404 g/mol. The number of halogens is 6. The largest absolute Gasteiger partial charge is 0.408 e. The first kappa shape index (κ1) is 21.2. The van der Waals surface area contributed by atoms with Crippen molar-refractivity contribution in [2.45, 2.75) is 38.3 Å². The van der Waals surface area contributed by atoms with Gasteiger partial charge in [-0.3, -0.25) is 0 Å². The van der Waals surface area contributed by atoms with Gasteiger partial charge in [-0.15, -0.1) is 0 Å². The van der Waals surface area contributed by atoms with Crippen molar-refractivity contribution in [1.29, 1.82) is 0 Å². The van der Waals surface area contributed by atoms with Crippen molar-refractivity contribution < 1.29 is 26.3 Å². The van der Waals surface area contributed by atoms with Gasteiger partial charge in [0.2, 0.25) is 17.7 Å². The van der Waals surface area contributed by atoms with Crippen LogP contribution in [-0.2, 0) is 0 Å². The van der Waals surface area contributed by atoms with Gasteiger partial charge in [0, 0.05) is 6.20 Å². The van der Waals surface area contributed by atoms with Gasteiger partial charge in [0.05, 0.1) is 0 Å². The Morgan fingerprint density at radius 1 is 0.821 bits per heavy atom. The molecular weight excluding hydrogens is 390 g/mol. The summed E-state index contributed by atoms with van der Waals surface area (Å²) in [5.41, 5.74) is 0.319.